The zero-order valence-electron chi connectivity index (χ0n) is 17.2. The van der Waals surface area contributed by atoms with Gasteiger partial charge in [0.1, 0.15) is 0 Å². The number of guanidine groups is 1. The second-order valence-electron chi connectivity index (χ2n) is 7.51. The molecule has 2 N–H and O–H groups in total. The number of ether oxygens (including phenoxy) is 1. The van der Waals surface area contributed by atoms with E-state index in [0.717, 1.165) is 51.5 Å². The number of nitrogens with zero attached hydrogens (tertiary/aromatic N) is 2. The molecule has 1 atom stereocenters. The molecule has 2 aliphatic rings. The van der Waals surface area contributed by atoms with E-state index in [9.17, 15) is 4.79 Å². The van der Waals surface area contributed by atoms with Crippen LogP contribution in [0.4, 0.5) is 0 Å². The first kappa shape index (κ1) is 24.5. The van der Waals surface area contributed by atoms with Crippen LogP contribution in [0.5, 0.6) is 0 Å². The maximum atomic E-state index is 11.8. The zero-order chi connectivity index (χ0) is 18.6. The van der Waals surface area contributed by atoms with Gasteiger partial charge in [-0.2, -0.15) is 0 Å². The number of unbranched alkanes of at least 4 members (excludes halogenated alkanes) is 2. The van der Waals surface area contributed by atoms with Crippen LogP contribution in [0.15, 0.2) is 4.99 Å². The molecule has 1 unspecified atom stereocenters. The first-order chi connectivity index (χ1) is 12.7. The highest BCUT2D eigenvalue weighted by atomic mass is 127. The fourth-order valence-electron chi connectivity index (χ4n) is 3.81. The van der Waals surface area contributed by atoms with E-state index in [2.05, 4.69) is 15.6 Å². The minimum Gasteiger partial charge on any atom is -0.378 e. The summed E-state index contributed by atoms with van der Waals surface area (Å²) in [5.41, 5.74) is 0. The van der Waals surface area contributed by atoms with E-state index in [1.807, 2.05) is 11.8 Å². The van der Waals surface area contributed by atoms with Crippen molar-refractivity contribution in [2.45, 2.75) is 83.3 Å². The molecule has 7 heteroatoms. The predicted octanol–water partition coefficient (Wildman–Crippen LogP) is 3.30. The monoisotopic (exact) mass is 494 g/mol. The summed E-state index contributed by atoms with van der Waals surface area (Å²) in [4.78, 5) is 18.0. The minimum absolute atomic E-state index is 0. The van der Waals surface area contributed by atoms with Gasteiger partial charge in [0.15, 0.2) is 5.96 Å². The van der Waals surface area contributed by atoms with Crippen LogP contribution < -0.4 is 10.6 Å². The molecule has 6 nitrogen and oxygen atoms in total. The van der Waals surface area contributed by atoms with Crippen LogP contribution in [0, 0.1) is 0 Å². The van der Waals surface area contributed by atoms with Gasteiger partial charge in [-0.1, -0.05) is 26.2 Å². The summed E-state index contributed by atoms with van der Waals surface area (Å²) in [7, 11) is 1.80. The van der Waals surface area contributed by atoms with Gasteiger partial charge in [-0.25, -0.2) is 0 Å². The number of likely N-dealkylation sites (tertiary alicyclic amines) is 1. The Morgan fingerprint density at radius 1 is 1.15 bits per heavy atom. The lowest BCUT2D eigenvalue weighted by atomic mass is 9.98. The molecule has 2 rings (SSSR count). The van der Waals surface area contributed by atoms with Crippen molar-refractivity contribution in [3.8, 4) is 0 Å². The maximum Gasteiger partial charge on any atom is 0.222 e. The van der Waals surface area contributed by atoms with Gasteiger partial charge in [0, 0.05) is 45.8 Å². The fourth-order valence-corrected chi connectivity index (χ4v) is 3.81. The summed E-state index contributed by atoms with van der Waals surface area (Å²) in [6.07, 6.45) is 12.1. The number of hydrogen-bond donors (Lipinski definition) is 2. The molecule has 0 aromatic heterocycles. The summed E-state index contributed by atoms with van der Waals surface area (Å²) in [6, 6.07) is 0.306. The summed E-state index contributed by atoms with van der Waals surface area (Å²) in [6.45, 7) is 5.38. The molecule has 1 saturated carbocycles. The number of amides is 1. The number of carbonyl (C=O) groups is 1. The molecule has 27 heavy (non-hydrogen) atoms. The highest BCUT2D eigenvalue weighted by Crippen LogP contribution is 2.20. The number of carbonyl (C=O) groups excluding carboxylic acids is 1. The third-order valence-corrected chi connectivity index (χ3v) is 5.43. The molecule has 0 radical (unpaired) electrons. The van der Waals surface area contributed by atoms with E-state index in [-0.39, 0.29) is 29.9 Å². The average Bonchev–Trinajstić information content (AvgIpc) is 3.15. The van der Waals surface area contributed by atoms with E-state index < -0.39 is 0 Å². The molecular formula is C20H39IN4O2. The lowest BCUT2D eigenvalue weighted by Gasteiger charge is -2.22. The van der Waals surface area contributed by atoms with Crippen LogP contribution in [-0.2, 0) is 9.53 Å². The maximum absolute atomic E-state index is 11.8. The van der Waals surface area contributed by atoms with Gasteiger partial charge < -0.3 is 20.3 Å². The molecule has 1 amide bonds. The lowest BCUT2D eigenvalue weighted by molar-refractivity contribution is -0.129. The largest absolute Gasteiger partial charge is 0.378 e. The van der Waals surface area contributed by atoms with Crippen molar-refractivity contribution >= 4 is 35.8 Å². The quantitative estimate of drug-likeness (QED) is 0.224. The third kappa shape index (κ3) is 9.45. The Kier molecular flexibility index (Phi) is 13.1. The van der Waals surface area contributed by atoms with Crippen molar-refractivity contribution in [2.75, 3.05) is 33.3 Å². The van der Waals surface area contributed by atoms with Crippen LogP contribution in [0.25, 0.3) is 0 Å². The van der Waals surface area contributed by atoms with Crippen molar-refractivity contribution in [2.24, 2.45) is 4.99 Å². The summed E-state index contributed by atoms with van der Waals surface area (Å²) in [5.74, 6) is 1.09. The van der Waals surface area contributed by atoms with Crippen molar-refractivity contribution in [1.29, 1.82) is 0 Å². The zero-order valence-corrected chi connectivity index (χ0v) is 19.5. The number of aliphatic imine (C=N–C) groups is 1. The van der Waals surface area contributed by atoms with Crippen molar-refractivity contribution in [1.82, 2.24) is 15.5 Å². The topological polar surface area (TPSA) is 66.0 Å². The van der Waals surface area contributed by atoms with E-state index in [0.29, 0.717) is 18.6 Å². The van der Waals surface area contributed by atoms with Gasteiger partial charge in [0.2, 0.25) is 5.91 Å². The first-order valence-corrected chi connectivity index (χ1v) is 10.6. The van der Waals surface area contributed by atoms with Gasteiger partial charge in [0.25, 0.3) is 0 Å². The standard InChI is InChI=1S/C20H38N4O2.HI/c1-3-19(25)24-14-12-17(16-24)23-20(21-2)22-13-8-5-9-15-26-18-10-6-4-7-11-18;/h17-18H,3-16H2,1-2H3,(H2,21,22,23);1H. The fraction of sp³-hybridized carbons (Fsp3) is 0.900. The number of nitrogens with one attached hydrogen (secondary N) is 2. The SMILES string of the molecule is CCC(=O)N1CCC(NC(=NC)NCCCCCOC2CCCCC2)C1.I. The Morgan fingerprint density at radius 2 is 1.93 bits per heavy atom. The first-order valence-electron chi connectivity index (χ1n) is 10.6. The van der Waals surface area contributed by atoms with E-state index >= 15 is 0 Å². The Balaban J connectivity index is 0.00000364. The summed E-state index contributed by atoms with van der Waals surface area (Å²) >= 11 is 0. The number of rotatable bonds is 9. The van der Waals surface area contributed by atoms with E-state index in [1.165, 1.54) is 38.5 Å². The molecule has 1 heterocycles. The Labute approximate surface area is 182 Å². The molecule has 2 fully saturated rings. The number of halogens is 1. The smallest absolute Gasteiger partial charge is 0.222 e. The highest BCUT2D eigenvalue weighted by Gasteiger charge is 2.25. The molecule has 158 valence electrons. The third-order valence-electron chi connectivity index (χ3n) is 5.43. The Hall–Kier alpha value is -0.570. The lowest BCUT2D eigenvalue weighted by Crippen LogP contribution is -2.45. The summed E-state index contributed by atoms with van der Waals surface area (Å²) in [5, 5.41) is 6.83. The molecule has 0 aromatic carbocycles. The van der Waals surface area contributed by atoms with Crippen LogP contribution in [0.1, 0.15) is 71.1 Å². The highest BCUT2D eigenvalue weighted by molar-refractivity contribution is 14.0. The molecule has 1 saturated heterocycles. The van der Waals surface area contributed by atoms with Crippen LogP contribution in [0.3, 0.4) is 0 Å². The van der Waals surface area contributed by atoms with Gasteiger partial charge >= 0.3 is 0 Å². The second-order valence-corrected chi connectivity index (χ2v) is 7.51. The number of hydrogen-bond acceptors (Lipinski definition) is 3. The van der Waals surface area contributed by atoms with Crippen molar-refractivity contribution in [3.63, 3.8) is 0 Å². The molecule has 1 aliphatic heterocycles. The van der Waals surface area contributed by atoms with E-state index in [4.69, 9.17) is 4.74 Å². The Morgan fingerprint density at radius 3 is 2.63 bits per heavy atom. The minimum atomic E-state index is 0. The van der Waals surface area contributed by atoms with Crippen LogP contribution in [-0.4, -0.2) is 62.2 Å². The van der Waals surface area contributed by atoms with Gasteiger partial charge in [-0.15, -0.1) is 24.0 Å². The second kappa shape index (κ2) is 14.4. The van der Waals surface area contributed by atoms with Crippen molar-refractivity contribution in [3.05, 3.63) is 0 Å². The summed E-state index contributed by atoms with van der Waals surface area (Å²) < 4.78 is 5.97. The Bertz CT molecular complexity index is 442. The molecule has 0 aromatic rings. The van der Waals surface area contributed by atoms with Gasteiger partial charge in [0.05, 0.1) is 6.10 Å². The average molecular weight is 494 g/mol. The van der Waals surface area contributed by atoms with Crippen LogP contribution in [0.2, 0.25) is 0 Å². The molecule has 0 bridgehead atoms. The molecular weight excluding hydrogens is 455 g/mol. The van der Waals surface area contributed by atoms with Crippen molar-refractivity contribution < 1.29 is 9.53 Å². The van der Waals surface area contributed by atoms with E-state index in [1.54, 1.807) is 7.05 Å². The molecule has 1 aliphatic carbocycles. The van der Waals surface area contributed by atoms with Gasteiger partial charge in [-0.05, 0) is 38.5 Å². The normalized spacial score (nSPS) is 21.0. The molecule has 0 spiro atoms. The predicted molar refractivity (Wildman–Crippen MR) is 122 cm³/mol. The van der Waals surface area contributed by atoms with Crippen LogP contribution >= 0.6 is 24.0 Å². The van der Waals surface area contributed by atoms with Gasteiger partial charge in [-0.3, -0.25) is 9.79 Å².